The van der Waals surface area contributed by atoms with Crippen molar-refractivity contribution < 1.29 is 0 Å². The van der Waals surface area contributed by atoms with E-state index >= 15 is 0 Å². The molecule has 0 bridgehead atoms. The summed E-state index contributed by atoms with van der Waals surface area (Å²) in [4.78, 5) is 7.12. The number of thiocarbonyl (C=S) groups is 1. The van der Waals surface area contributed by atoms with Crippen LogP contribution in [-0.2, 0) is 0 Å². The van der Waals surface area contributed by atoms with Crippen LogP contribution in [0.1, 0.15) is 49.2 Å². The molecule has 29 heavy (non-hydrogen) atoms. The van der Waals surface area contributed by atoms with Crippen molar-refractivity contribution in [2.45, 2.75) is 43.8 Å². The Morgan fingerprint density at radius 3 is 2.52 bits per heavy atom. The summed E-state index contributed by atoms with van der Waals surface area (Å²) in [5.41, 5.74) is 3.42. The van der Waals surface area contributed by atoms with Gasteiger partial charge >= 0.3 is 0 Å². The van der Waals surface area contributed by atoms with E-state index in [0.29, 0.717) is 6.04 Å². The lowest BCUT2D eigenvalue weighted by molar-refractivity contribution is 0.239. The number of hydrogen-bond donors (Lipinski definition) is 1. The minimum Gasteiger partial charge on any atom is -0.352 e. The van der Waals surface area contributed by atoms with Gasteiger partial charge in [0.05, 0.1) is 17.8 Å². The number of nitrogens with one attached hydrogen (secondary N) is 1. The predicted octanol–water partition coefficient (Wildman–Crippen LogP) is 5.55. The molecule has 5 rings (SSSR count). The lowest BCUT2D eigenvalue weighted by Crippen LogP contribution is -2.38. The molecule has 2 unspecified atom stereocenters. The Bertz CT molecular complexity index is 995. The molecule has 3 aromatic rings. The highest BCUT2D eigenvalue weighted by molar-refractivity contribution is 9.10. The number of nitrogens with zero attached hydrogens (tertiary/aromatic N) is 3. The molecule has 148 valence electrons. The van der Waals surface area contributed by atoms with Gasteiger partial charge in [-0.05, 0) is 73.6 Å². The zero-order chi connectivity index (χ0) is 19.8. The molecule has 0 spiro atoms. The van der Waals surface area contributed by atoms with Crippen molar-refractivity contribution in [3.8, 4) is 5.69 Å². The third kappa shape index (κ3) is 3.49. The molecule has 1 saturated carbocycles. The van der Waals surface area contributed by atoms with Crippen LogP contribution in [0.5, 0.6) is 0 Å². The number of pyridine rings is 1. The zero-order valence-corrected chi connectivity index (χ0v) is 18.4. The maximum Gasteiger partial charge on any atom is 0.170 e. The molecule has 2 fully saturated rings. The summed E-state index contributed by atoms with van der Waals surface area (Å²) >= 11 is 9.40. The van der Waals surface area contributed by atoms with Crippen molar-refractivity contribution in [3.63, 3.8) is 0 Å². The van der Waals surface area contributed by atoms with Gasteiger partial charge in [-0.15, -0.1) is 0 Å². The molecule has 0 radical (unpaired) electrons. The molecular formula is C23H23BrN4S. The van der Waals surface area contributed by atoms with E-state index in [1.54, 1.807) is 0 Å². The van der Waals surface area contributed by atoms with Crippen LogP contribution in [0.25, 0.3) is 5.69 Å². The van der Waals surface area contributed by atoms with Gasteiger partial charge in [-0.1, -0.05) is 34.8 Å². The number of halogens is 1. The molecule has 2 aromatic heterocycles. The molecule has 2 aliphatic rings. The van der Waals surface area contributed by atoms with Crippen LogP contribution in [-0.4, -0.2) is 25.6 Å². The Balaban J connectivity index is 1.61. The van der Waals surface area contributed by atoms with Crippen molar-refractivity contribution in [1.82, 2.24) is 19.8 Å². The number of benzene rings is 1. The highest BCUT2D eigenvalue weighted by Gasteiger charge is 2.44. The highest BCUT2D eigenvalue weighted by atomic mass is 79.9. The van der Waals surface area contributed by atoms with Crippen LogP contribution >= 0.6 is 28.1 Å². The molecule has 1 saturated heterocycles. The van der Waals surface area contributed by atoms with Crippen LogP contribution in [0.2, 0.25) is 0 Å². The number of rotatable bonds is 4. The van der Waals surface area contributed by atoms with E-state index in [-0.39, 0.29) is 12.1 Å². The van der Waals surface area contributed by atoms with Crippen LogP contribution in [0.3, 0.4) is 0 Å². The first-order chi connectivity index (χ1) is 14.2. The van der Waals surface area contributed by atoms with Crippen molar-refractivity contribution in [2.75, 3.05) is 0 Å². The lowest BCUT2D eigenvalue weighted by Gasteiger charge is -2.33. The lowest BCUT2D eigenvalue weighted by atomic mass is 9.99. The van der Waals surface area contributed by atoms with Crippen molar-refractivity contribution in [1.29, 1.82) is 0 Å². The van der Waals surface area contributed by atoms with Crippen molar-refractivity contribution in [2.24, 2.45) is 0 Å². The molecular weight excluding hydrogens is 444 g/mol. The first-order valence-electron chi connectivity index (χ1n) is 10.2. The Morgan fingerprint density at radius 1 is 1.00 bits per heavy atom. The summed E-state index contributed by atoms with van der Waals surface area (Å²) in [5, 5.41) is 4.45. The van der Waals surface area contributed by atoms with Crippen LogP contribution in [0.4, 0.5) is 0 Å². The van der Waals surface area contributed by atoms with Gasteiger partial charge in [-0.2, -0.15) is 0 Å². The molecule has 1 aliphatic heterocycles. The summed E-state index contributed by atoms with van der Waals surface area (Å²) in [6.45, 7) is 0. The summed E-state index contributed by atoms with van der Waals surface area (Å²) in [6, 6.07) is 19.5. The summed E-state index contributed by atoms with van der Waals surface area (Å²) in [5.74, 6) is 0. The average Bonchev–Trinajstić information content (AvgIpc) is 3.48. The second kappa shape index (κ2) is 7.92. The number of hydrogen-bond acceptors (Lipinski definition) is 2. The van der Waals surface area contributed by atoms with E-state index in [2.05, 4.69) is 90.4 Å². The minimum atomic E-state index is 0.0356. The molecule has 2 atom stereocenters. The maximum absolute atomic E-state index is 5.85. The Morgan fingerprint density at radius 2 is 1.79 bits per heavy atom. The third-order valence-corrected chi connectivity index (χ3v) is 6.90. The van der Waals surface area contributed by atoms with Gasteiger partial charge in [0.15, 0.2) is 5.11 Å². The van der Waals surface area contributed by atoms with E-state index in [0.717, 1.165) is 21.0 Å². The second-order valence-corrected chi connectivity index (χ2v) is 9.05. The molecule has 1 N–H and O–H groups in total. The van der Waals surface area contributed by atoms with Gasteiger partial charge in [-0.3, -0.25) is 4.98 Å². The molecule has 1 aliphatic carbocycles. The van der Waals surface area contributed by atoms with E-state index in [1.165, 1.54) is 31.4 Å². The fraction of sp³-hybridized carbons (Fsp3) is 0.304. The van der Waals surface area contributed by atoms with Gasteiger partial charge in [0.1, 0.15) is 0 Å². The third-order valence-electron chi connectivity index (χ3n) is 6.04. The predicted molar refractivity (Wildman–Crippen MR) is 123 cm³/mol. The fourth-order valence-electron chi connectivity index (χ4n) is 4.73. The van der Waals surface area contributed by atoms with E-state index in [9.17, 15) is 0 Å². The van der Waals surface area contributed by atoms with Crippen molar-refractivity contribution in [3.05, 3.63) is 82.9 Å². The molecule has 4 nitrogen and oxygen atoms in total. The number of aromatic nitrogens is 2. The summed E-state index contributed by atoms with van der Waals surface area (Å²) < 4.78 is 3.36. The Kier molecular flexibility index (Phi) is 5.14. The highest BCUT2D eigenvalue weighted by Crippen LogP contribution is 2.43. The van der Waals surface area contributed by atoms with Gasteiger partial charge in [-0.25, -0.2) is 0 Å². The fourth-order valence-corrected chi connectivity index (χ4v) is 5.38. The second-order valence-electron chi connectivity index (χ2n) is 7.75. The van der Waals surface area contributed by atoms with Gasteiger partial charge in [0, 0.05) is 34.3 Å². The molecule has 1 aromatic carbocycles. The minimum absolute atomic E-state index is 0.0356. The molecule has 0 amide bonds. The van der Waals surface area contributed by atoms with Gasteiger partial charge in [0.2, 0.25) is 0 Å². The van der Waals surface area contributed by atoms with E-state index < -0.39 is 0 Å². The Labute approximate surface area is 185 Å². The van der Waals surface area contributed by atoms with Crippen LogP contribution in [0.15, 0.2) is 71.5 Å². The SMILES string of the molecule is S=C1NC(c2ccccn2)C(c2cccn2-c2ccc(Br)cc2)N1C1CCCC1. The quantitative estimate of drug-likeness (QED) is 0.510. The van der Waals surface area contributed by atoms with E-state index in [1.807, 2.05) is 12.3 Å². The zero-order valence-electron chi connectivity index (χ0n) is 16.0. The largest absolute Gasteiger partial charge is 0.352 e. The van der Waals surface area contributed by atoms with Gasteiger partial charge < -0.3 is 14.8 Å². The smallest absolute Gasteiger partial charge is 0.170 e. The Hall–Kier alpha value is -2.18. The molecule has 3 heterocycles. The first-order valence-corrected chi connectivity index (χ1v) is 11.4. The summed E-state index contributed by atoms with van der Waals surface area (Å²) in [6.07, 6.45) is 8.96. The topological polar surface area (TPSA) is 33.1 Å². The standard InChI is InChI=1S/C23H23BrN4S/c24-16-10-12-17(13-11-16)27-15-5-9-20(27)22-21(19-8-3-4-14-25-19)26-23(29)28(22)18-6-1-2-7-18/h3-5,8-15,18,21-22H,1-2,6-7H2,(H,26,29). The molecule has 6 heteroatoms. The summed E-state index contributed by atoms with van der Waals surface area (Å²) in [7, 11) is 0. The van der Waals surface area contributed by atoms with Gasteiger partial charge in [0.25, 0.3) is 0 Å². The van der Waals surface area contributed by atoms with Crippen molar-refractivity contribution >= 4 is 33.3 Å². The maximum atomic E-state index is 5.85. The average molecular weight is 467 g/mol. The first kappa shape index (κ1) is 18.8. The normalized spacial score (nSPS) is 22.2. The monoisotopic (exact) mass is 466 g/mol. The van der Waals surface area contributed by atoms with E-state index in [4.69, 9.17) is 12.2 Å². The van der Waals surface area contributed by atoms with Crippen LogP contribution in [0, 0.1) is 0 Å². The van der Waals surface area contributed by atoms with Crippen LogP contribution < -0.4 is 5.32 Å².